The monoisotopic (exact) mass is 631 g/mol. The standard InChI is InChI=1S/C31H37F3N5O4P/c1-5-43-44(4,41)18-19-11-13-24(26(15-19)42-3)37-30-35-16-23(31(32,33)34)28(38-30)36-25-14-12-21(20-9-7-6-8-10-20)22-17-39(2)29(40)27(22)25/h11-16,20H,5-10,17-18H2,1-4H3,(H2,35,36,37,38). The van der Waals surface area contributed by atoms with Gasteiger partial charge in [0.2, 0.25) is 13.3 Å². The predicted octanol–water partition coefficient (Wildman–Crippen LogP) is 8.07. The van der Waals surface area contributed by atoms with Crippen molar-refractivity contribution < 1.29 is 31.8 Å². The Morgan fingerprint density at radius 3 is 2.50 bits per heavy atom. The number of nitrogens with one attached hydrogen (secondary N) is 2. The molecule has 2 N–H and O–H groups in total. The molecule has 1 aliphatic heterocycles. The lowest BCUT2D eigenvalue weighted by atomic mass is 9.81. The third kappa shape index (κ3) is 6.86. The molecule has 1 atom stereocenters. The zero-order chi connectivity index (χ0) is 31.6. The molecule has 2 aliphatic rings. The smallest absolute Gasteiger partial charge is 0.421 e. The number of hydrogen-bond donors (Lipinski definition) is 2. The number of carbonyl (C=O) groups excluding carboxylic acids is 1. The van der Waals surface area contributed by atoms with E-state index in [9.17, 15) is 22.5 Å². The van der Waals surface area contributed by atoms with Gasteiger partial charge in [-0.1, -0.05) is 31.4 Å². The summed E-state index contributed by atoms with van der Waals surface area (Å²) in [5.74, 6) is -0.143. The molecule has 13 heteroatoms. The van der Waals surface area contributed by atoms with Crippen molar-refractivity contribution in [3.63, 3.8) is 0 Å². The topological polar surface area (TPSA) is 106 Å². The highest BCUT2D eigenvalue weighted by molar-refractivity contribution is 7.57. The summed E-state index contributed by atoms with van der Waals surface area (Å²) in [6.07, 6.45) is 1.64. The van der Waals surface area contributed by atoms with Gasteiger partial charge in [0, 0.05) is 32.6 Å². The number of alkyl halides is 3. The highest BCUT2D eigenvalue weighted by Gasteiger charge is 2.37. The van der Waals surface area contributed by atoms with Crippen LogP contribution in [0.3, 0.4) is 0 Å². The van der Waals surface area contributed by atoms with Crippen LogP contribution >= 0.6 is 7.37 Å². The molecule has 2 aromatic carbocycles. The first-order valence-corrected chi connectivity index (χ1v) is 16.9. The first kappa shape index (κ1) is 31.8. The lowest BCUT2D eigenvalue weighted by Crippen LogP contribution is -2.18. The van der Waals surface area contributed by atoms with Gasteiger partial charge in [0.05, 0.1) is 30.7 Å². The molecular weight excluding hydrogens is 594 g/mol. The van der Waals surface area contributed by atoms with Crippen molar-refractivity contribution >= 4 is 36.4 Å². The van der Waals surface area contributed by atoms with Gasteiger partial charge in [-0.15, -0.1) is 0 Å². The average Bonchev–Trinajstić information content (AvgIpc) is 3.27. The number of carbonyl (C=O) groups is 1. The molecule has 0 saturated heterocycles. The first-order valence-electron chi connectivity index (χ1n) is 14.7. The van der Waals surface area contributed by atoms with E-state index in [1.807, 2.05) is 6.07 Å². The van der Waals surface area contributed by atoms with Crippen LogP contribution in [0.4, 0.5) is 36.3 Å². The molecule has 0 bridgehead atoms. The number of nitrogens with zero attached hydrogens (tertiary/aromatic N) is 3. The van der Waals surface area contributed by atoms with Gasteiger partial charge in [-0.2, -0.15) is 18.2 Å². The van der Waals surface area contributed by atoms with E-state index in [1.54, 1.807) is 49.8 Å². The Hall–Kier alpha value is -3.63. The highest BCUT2D eigenvalue weighted by atomic mass is 31.2. The molecule has 0 radical (unpaired) electrons. The Morgan fingerprint density at radius 1 is 1.09 bits per heavy atom. The molecular formula is C31H37F3N5O4P. The van der Waals surface area contributed by atoms with E-state index >= 15 is 0 Å². The minimum absolute atomic E-state index is 0.110. The maximum Gasteiger partial charge on any atom is 0.421 e. The van der Waals surface area contributed by atoms with Gasteiger partial charge in [0.1, 0.15) is 17.1 Å². The van der Waals surface area contributed by atoms with E-state index in [1.165, 1.54) is 13.5 Å². The minimum atomic E-state index is -4.75. The summed E-state index contributed by atoms with van der Waals surface area (Å²) in [4.78, 5) is 22.9. The fraction of sp³-hybridized carbons (Fsp3) is 0.452. The van der Waals surface area contributed by atoms with Crippen LogP contribution in [-0.4, -0.2) is 48.2 Å². The Labute approximate surface area is 255 Å². The van der Waals surface area contributed by atoms with Gasteiger partial charge in [-0.3, -0.25) is 9.36 Å². The van der Waals surface area contributed by atoms with Crippen LogP contribution in [0.25, 0.3) is 0 Å². The van der Waals surface area contributed by atoms with Crippen molar-refractivity contribution in [3.05, 3.63) is 64.3 Å². The number of aromatic nitrogens is 2. The normalized spacial score (nSPS) is 16.9. The largest absolute Gasteiger partial charge is 0.495 e. The van der Waals surface area contributed by atoms with Crippen molar-refractivity contribution in [1.82, 2.24) is 14.9 Å². The molecule has 5 rings (SSSR count). The van der Waals surface area contributed by atoms with Gasteiger partial charge < -0.3 is 24.8 Å². The third-order valence-corrected chi connectivity index (χ3v) is 9.83. The molecule has 1 aromatic heterocycles. The number of fused-ring (bicyclic) bond motifs is 1. The fourth-order valence-electron chi connectivity index (χ4n) is 6.06. The summed E-state index contributed by atoms with van der Waals surface area (Å²) in [5, 5.41) is 5.76. The van der Waals surface area contributed by atoms with Gasteiger partial charge in [-0.25, -0.2) is 4.98 Å². The van der Waals surface area contributed by atoms with E-state index in [4.69, 9.17) is 9.26 Å². The van der Waals surface area contributed by atoms with Gasteiger partial charge in [-0.05, 0) is 60.6 Å². The van der Waals surface area contributed by atoms with Gasteiger partial charge in [0.25, 0.3) is 5.91 Å². The van der Waals surface area contributed by atoms with E-state index in [0.717, 1.165) is 36.8 Å². The summed E-state index contributed by atoms with van der Waals surface area (Å²) >= 11 is 0. The van der Waals surface area contributed by atoms with E-state index < -0.39 is 24.9 Å². The molecule has 0 spiro atoms. The van der Waals surface area contributed by atoms with Crippen LogP contribution in [0.15, 0.2) is 36.5 Å². The summed E-state index contributed by atoms with van der Waals surface area (Å²) < 4.78 is 65.8. The summed E-state index contributed by atoms with van der Waals surface area (Å²) in [7, 11) is 0.287. The molecule has 1 aliphatic carbocycles. The molecule has 236 valence electrons. The number of halogens is 3. The third-order valence-electron chi connectivity index (χ3n) is 8.08. The maximum absolute atomic E-state index is 14.1. The van der Waals surface area contributed by atoms with Crippen molar-refractivity contribution in [2.24, 2.45) is 0 Å². The molecule has 1 amide bonds. The minimum Gasteiger partial charge on any atom is -0.495 e. The summed E-state index contributed by atoms with van der Waals surface area (Å²) in [5.41, 5.74) is 2.66. The average molecular weight is 632 g/mol. The van der Waals surface area contributed by atoms with Crippen molar-refractivity contribution in [3.8, 4) is 5.75 Å². The lowest BCUT2D eigenvalue weighted by Gasteiger charge is -2.25. The number of anilines is 4. The maximum atomic E-state index is 14.1. The number of benzene rings is 2. The molecule has 9 nitrogen and oxygen atoms in total. The lowest BCUT2D eigenvalue weighted by molar-refractivity contribution is -0.137. The van der Waals surface area contributed by atoms with Crippen LogP contribution in [-0.2, 0) is 28.0 Å². The van der Waals surface area contributed by atoms with Crippen molar-refractivity contribution in [2.45, 2.75) is 63.8 Å². The van der Waals surface area contributed by atoms with E-state index in [0.29, 0.717) is 47.8 Å². The van der Waals surface area contributed by atoms with E-state index in [-0.39, 0.29) is 23.7 Å². The fourth-order valence-corrected chi connectivity index (χ4v) is 7.56. The Balaban J connectivity index is 1.48. The predicted molar refractivity (Wildman–Crippen MR) is 164 cm³/mol. The van der Waals surface area contributed by atoms with Crippen LogP contribution < -0.4 is 15.4 Å². The van der Waals surface area contributed by atoms with Crippen LogP contribution in [0.5, 0.6) is 5.75 Å². The molecule has 2 heterocycles. The first-order chi connectivity index (χ1) is 20.9. The van der Waals surface area contributed by atoms with Crippen molar-refractivity contribution in [2.75, 3.05) is 38.1 Å². The van der Waals surface area contributed by atoms with Gasteiger partial charge >= 0.3 is 6.18 Å². The number of rotatable bonds is 10. The van der Waals surface area contributed by atoms with Crippen LogP contribution in [0.2, 0.25) is 0 Å². The summed E-state index contributed by atoms with van der Waals surface area (Å²) in [6.45, 7) is 4.06. The Kier molecular flexibility index (Phi) is 9.23. The zero-order valence-electron chi connectivity index (χ0n) is 25.3. The van der Waals surface area contributed by atoms with Crippen molar-refractivity contribution in [1.29, 1.82) is 0 Å². The number of amides is 1. The van der Waals surface area contributed by atoms with E-state index in [2.05, 4.69) is 20.6 Å². The second-order valence-corrected chi connectivity index (χ2v) is 14.0. The van der Waals surface area contributed by atoms with Crippen LogP contribution in [0, 0.1) is 0 Å². The zero-order valence-corrected chi connectivity index (χ0v) is 26.1. The Bertz CT molecular complexity index is 1590. The second kappa shape index (κ2) is 12.8. The molecule has 1 fully saturated rings. The second-order valence-electron chi connectivity index (χ2n) is 11.4. The molecule has 1 saturated carbocycles. The number of ether oxygens (including phenoxy) is 1. The highest BCUT2D eigenvalue weighted by Crippen LogP contribution is 2.47. The molecule has 3 aromatic rings. The summed E-state index contributed by atoms with van der Waals surface area (Å²) in [6, 6.07) is 8.68. The quantitative estimate of drug-likeness (QED) is 0.217. The molecule has 44 heavy (non-hydrogen) atoms. The Morgan fingerprint density at radius 2 is 1.82 bits per heavy atom. The molecule has 1 unspecified atom stereocenters. The number of hydrogen-bond acceptors (Lipinski definition) is 8. The number of methoxy groups -OCH3 is 1. The van der Waals surface area contributed by atoms with Gasteiger partial charge in [0.15, 0.2) is 0 Å². The van der Waals surface area contributed by atoms with Crippen LogP contribution in [0.1, 0.15) is 77.6 Å². The SMILES string of the molecule is CCOP(C)(=O)Cc1ccc(Nc2ncc(C(F)(F)F)c(Nc3ccc(C4CCCCC4)c4c3C(=O)N(C)C4)n2)c(OC)c1.